The number of nitrogens with one attached hydrogen (secondary N) is 1. The van der Waals surface area contributed by atoms with Gasteiger partial charge in [0.25, 0.3) is 0 Å². The SMILES string of the molecule is CCN(CC(=O)NC(C)(C)C)C(=O)[C@H]1CC(=O)N(c2ccccc2Cl)C1. The summed E-state index contributed by atoms with van der Waals surface area (Å²) >= 11 is 6.17. The van der Waals surface area contributed by atoms with Gasteiger partial charge in [0.2, 0.25) is 17.7 Å². The summed E-state index contributed by atoms with van der Waals surface area (Å²) in [5.74, 6) is -0.993. The van der Waals surface area contributed by atoms with Crippen LogP contribution in [0.1, 0.15) is 34.1 Å². The Balaban J connectivity index is 2.06. The van der Waals surface area contributed by atoms with Crippen molar-refractivity contribution in [3.63, 3.8) is 0 Å². The molecule has 1 saturated heterocycles. The van der Waals surface area contributed by atoms with E-state index in [1.54, 1.807) is 29.2 Å². The van der Waals surface area contributed by atoms with Gasteiger partial charge in [0.05, 0.1) is 23.2 Å². The molecule has 1 aromatic rings. The van der Waals surface area contributed by atoms with Crippen LogP contribution in [0.5, 0.6) is 0 Å². The molecule has 7 heteroatoms. The Morgan fingerprint density at radius 1 is 1.31 bits per heavy atom. The van der Waals surface area contributed by atoms with Gasteiger partial charge in [-0.05, 0) is 39.8 Å². The summed E-state index contributed by atoms with van der Waals surface area (Å²) in [4.78, 5) is 40.4. The lowest BCUT2D eigenvalue weighted by molar-refractivity contribution is -0.139. The predicted molar refractivity (Wildman–Crippen MR) is 102 cm³/mol. The highest BCUT2D eigenvalue weighted by atomic mass is 35.5. The summed E-state index contributed by atoms with van der Waals surface area (Å²) in [6.07, 6.45) is 0.126. The van der Waals surface area contributed by atoms with Crippen molar-refractivity contribution in [2.75, 3.05) is 24.5 Å². The molecule has 1 aliphatic rings. The van der Waals surface area contributed by atoms with Crippen molar-refractivity contribution in [2.24, 2.45) is 5.92 Å². The zero-order chi connectivity index (χ0) is 19.5. The molecule has 0 unspecified atom stereocenters. The number of amides is 3. The van der Waals surface area contributed by atoms with Crippen LogP contribution in [0.25, 0.3) is 0 Å². The van der Waals surface area contributed by atoms with Crippen molar-refractivity contribution < 1.29 is 14.4 Å². The second kappa shape index (κ2) is 8.08. The van der Waals surface area contributed by atoms with Gasteiger partial charge in [-0.15, -0.1) is 0 Å². The summed E-state index contributed by atoms with van der Waals surface area (Å²) in [6.45, 7) is 8.17. The van der Waals surface area contributed by atoms with Gasteiger partial charge in [-0.1, -0.05) is 23.7 Å². The van der Waals surface area contributed by atoms with Gasteiger partial charge in [-0.3, -0.25) is 14.4 Å². The first kappa shape index (κ1) is 20.2. The molecule has 1 atom stereocenters. The lowest BCUT2D eigenvalue weighted by atomic mass is 10.1. The fourth-order valence-corrected chi connectivity index (χ4v) is 3.25. The van der Waals surface area contributed by atoms with Crippen LogP contribution in [-0.2, 0) is 14.4 Å². The molecule has 0 bridgehead atoms. The van der Waals surface area contributed by atoms with E-state index in [0.29, 0.717) is 17.3 Å². The van der Waals surface area contributed by atoms with Crippen molar-refractivity contribution >= 4 is 35.0 Å². The molecule has 0 spiro atoms. The number of anilines is 1. The number of benzene rings is 1. The van der Waals surface area contributed by atoms with Crippen LogP contribution in [-0.4, -0.2) is 47.8 Å². The molecule has 142 valence electrons. The number of rotatable bonds is 5. The Morgan fingerprint density at radius 3 is 2.54 bits per heavy atom. The summed E-state index contributed by atoms with van der Waals surface area (Å²) in [7, 11) is 0. The maximum atomic E-state index is 12.8. The van der Waals surface area contributed by atoms with Gasteiger partial charge in [0, 0.05) is 25.0 Å². The van der Waals surface area contributed by atoms with Crippen LogP contribution in [0.2, 0.25) is 5.02 Å². The van der Waals surface area contributed by atoms with Gasteiger partial charge in [0.15, 0.2) is 0 Å². The van der Waals surface area contributed by atoms with E-state index >= 15 is 0 Å². The smallest absolute Gasteiger partial charge is 0.240 e. The predicted octanol–water partition coefficient (Wildman–Crippen LogP) is 2.46. The Labute approximate surface area is 159 Å². The van der Waals surface area contributed by atoms with Crippen LogP contribution in [0, 0.1) is 5.92 Å². The fraction of sp³-hybridized carbons (Fsp3) is 0.526. The number of para-hydroxylation sites is 1. The van der Waals surface area contributed by atoms with E-state index in [2.05, 4.69) is 5.32 Å². The molecule has 3 amide bonds. The largest absolute Gasteiger partial charge is 0.350 e. The highest BCUT2D eigenvalue weighted by molar-refractivity contribution is 6.33. The molecule has 2 rings (SSSR count). The van der Waals surface area contributed by atoms with Crippen molar-refractivity contribution in [2.45, 2.75) is 39.7 Å². The van der Waals surface area contributed by atoms with Crippen molar-refractivity contribution in [3.8, 4) is 0 Å². The average molecular weight is 380 g/mol. The molecule has 1 N–H and O–H groups in total. The number of hydrogen-bond acceptors (Lipinski definition) is 3. The first-order chi connectivity index (χ1) is 12.1. The van der Waals surface area contributed by atoms with Crippen molar-refractivity contribution in [1.29, 1.82) is 0 Å². The summed E-state index contributed by atoms with van der Waals surface area (Å²) in [5, 5.41) is 3.33. The van der Waals surface area contributed by atoms with Gasteiger partial charge in [-0.25, -0.2) is 0 Å². The van der Waals surface area contributed by atoms with Crippen molar-refractivity contribution in [3.05, 3.63) is 29.3 Å². The molecule has 0 aliphatic carbocycles. The molecule has 6 nitrogen and oxygen atoms in total. The van der Waals surface area contributed by atoms with E-state index in [9.17, 15) is 14.4 Å². The van der Waals surface area contributed by atoms with Crippen molar-refractivity contribution in [1.82, 2.24) is 10.2 Å². The zero-order valence-corrected chi connectivity index (χ0v) is 16.5. The minimum Gasteiger partial charge on any atom is -0.350 e. The Hall–Kier alpha value is -2.08. The standard InChI is InChI=1S/C19H26ClN3O3/c1-5-22(12-16(24)21-19(2,3)4)18(26)13-10-17(25)23(11-13)15-9-7-6-8-14(15)20/h6-9,13H,5,10-12H2,1-4H3,(H,21,24)/t13-/m0/s1. The van der Waals surface area contributed by atoms with E-state index in [4.69, 9.17) is 11.6 Å². The molecule has 1 fully saturated rings. The number of nitrogens with zero attached hydrogens (tertiary/aromatic N) is 2. The average Bonchev–Trinajstić information content (AvgIpc) is 2.92. The van der Waals surface area contributed by atoms with E-state index < -0.39 is 5.92 Å². The second-order valence-electron chi connectivity index (χ2n) is 7.51. The number of carbonyl (C=O) groups is 3. The molecule has 0 aromatic heterocycles. The Morgan fingerprint density at radius 2 is 1.96 bits per heavy atom. The first-order valence-corrected chi connectivity index (χ1v) is 9.15. The van der Waals surface area contributed by atoms with Crippen LogP contribution in [0.4, 0.5) is 5.69 Å². The maximum absolute atomic E-state index is 12.8. The monoisotopic (exact) mass is 379 g/mol. The molecule has 1 aromatic carbocycles. The number of likely N-dealkylation sites (N-methyl/N-ethyl adjacent to an activating group) is 1. The fourth-order valence-electron chi connectivity index (χ4n) is 3.01. The van der Waals surface area contributed by atoms with Crippen LogP contribution >= 0.6 is 11.6 Å². The third kappa shape index (κ3) is 4.97. The molecule has 0 saturated carbocycles. The van der Waals surface area contributed by atoms with Crippen LogP contribution in [0.3, 0.4) is 0 Å². The van der Waals surface area contributed by atoms with E-state index in [-0.39, 0.29) is 42.8 Å². The maximum Gasteiger partial charge on any atom is 0.240 e. The number of carbonyl (C=O) groups excluding carboxylic acids is 3. The second-order valence-corrected chi connectivity index (χ2v) is 7.91. The highest BCUT2D eigenvalue weighted by Crippen LogP contribution is 2.31. The molecule has 1 aliphatic heterocycles. The summed E-state index contributed by atoms with van der Waals surface area (Å²) < 4.78 is 0. The molecule has 0 radical (unpaired) electrons. The topological polar surface area (TPSA) is 69.7 Å². The highest BCUT2D eigenvalue weighted by Gasteiger charge is 2.38. The summed E-state index contributed by atoms with van der Waals surface area (Å²) in [6, 6.07) is 7.08. The third-order valence-electron chi connectivity index (χ3n) is 4.16. The Kier molecular flexibility index (Phi) is 6.29. The van der Waals surface area contributed by atoms with Gasteiger partial charge in [0.1, 0.15) is 0 Å². The van der Waals surface area contributed by atoms with Gasteiger partial charge >= 0.3 is 0 Å². The summed E-state index contributed by atoms with van der Waals surface area (Å²) in [5.41, 5.74) is 0.256. The van der Waals surface area contributed by atoms with E-state index in [1.165, 1.54) is 4.90 Å². The normalized spacial score (nSPS) is 17.3. The van der Waals surface area contributed by atoms with E-state index in [0.717, 1.165) is 0 Å². The minimum absolute atomic E-state index is 0.0105. The molecule has 1 heterocycles. The van der Waals surface area contributed by atoms with E-state index in [1.807, 2.05) is 27.7 Å². The lowest BCUT2D eigenvalue weighted by Crippen LogP contribution is -2.48. The van der Waals surface area contributed by atoms with Gasteiger partial charge < -0.3 is 15.1 Å². The lowest BCUT2D eigenvalue weighted by Gasteiger charge is -2.26. The minimum atomic E-state index is -0.471. The zero-order valence-electron chi connectivity index (χ0n) is 15.7. The van der Waals surface area contributed by atoms with Crippen LogP contribution in [0.15, 0.2) is 24.3 Å². The van der Waals surface area contributed by atoms with Crippen LogP contribution < -0.4 is 10.2 Å². The third-order valence-corrected chi connectivity index (χ3v) is 4.48. The Bertz CT molecular complexity index is 700. The quantitative estimate of drug-likeness (QED) is 0.854. The molecule has 26 heavy (non-hydrogen) atoms. The van der Waals surface area contributed by atoms with Gasteiger partial charge in [-0.2, -0.15) is 0 Å². The number of halogens is 1. The molecular weight excluding hydrogens is 354 g/mol. The number of hydrogen-bond donors (Lipinski definition) is 1. The first-order valence-electron chi connectivity index (χ1n) is 8.77. The molecular formula is C19H26ClN3O3.